The van der Waals surface area contributed by atoms with Gasteiger partial charge in [0, 0.05) is 32.8 Å². The lowest BCUT2D eigenvalue weighted by atomic mass is 9.81. The SMILES string of the molecule is CCCCOC[C@H]1O[C@@H](C2CCCCCCCCC(CC(=O)O)CCC2)[C@H](OCCCC)[C@@H](OCCCC)[C@@H]1OCCCC. The zero-order chi connectivity index (χ0) is 31.8. The number of carbonyl (C=O) groups is 1. The molecule has 2 aliphatic rings. The maximum absolute atomic E-state index is 11.6. The first-order valence-electron chi connectivity index (χ1n) is 18.8. The third-order valence-electron chi connectivity index (χ3n) is 9.57. The number of hydrogen-bond acceptors (Lipinski definition) is 6. The highest BCUT2D eigenvalue weighted by Crippen LogP contribution is 2.37. The normalized spacial score (nSPS) is 29.4. The number of carboxylic acid groups (broad SMARTS) is 1. The van der Waals surface area contributed by atoms with E-state index in [1.165, 1.54) is 32.1 Å². The van der Waals surface area contributed by atoms with E-state index in [0.29, 0.717) is 32.3 Å². The van der Waals surface area contributed by atoms with Gasteiger partial charge in [-0.15, -0.1) is 0 Å². The molecule has 1 aliphatic carbocycles. The molecule has 7 heteroatoms. The molecule has 260 valence electrons. The maximum atomic E-state index is 11.6. The van der Waals surface area contributed by atoms with Crippen molar-refractivity contribution < 1.29 is 33.6 Å². The largest absolute Gasteiger partial charge is 0.481 e. The molecular formula is C37H70O7. The topological polar surface area (TPSA) is 83.5 Å². The molecule has 7 nitrogen and oxygen atoms in total. The predicted molar refractivity (Wildman–Crippen MR) is 178 cm³/mol. The molecule has 0 spiro atoms. The van der Waals surface area contributed by atoms with Crippen LogP contribution in [0.5, 0.6) is 0 Å². The molecule has 1 saturated heterocycles. The van der Waals surface area contributed by atoms with Crippen molar-refractivity contribution in [1.82, 2.24) is 0 Å². The maximum Gasteiger partial charge on any atom is 0.303 e. The van der Waals surface area contributed by atoms with Gasteiger partial charge >= 0.3 is 5.97 Å². The van der Waals surface area contributed by atoms with E-state index in [0.717, 1.165) is 96.5 Å². The Kier molecular flexibility index (Phi) is 22.7. The number of ether oxygens (including phenoxy) is 5. The molecule has 0 aromatic carbocycles. The molecule has 7 atom stereocenters. The van der Waals surface area contributed by atoms with Gasteiger partial charge in [-0.1, -0.05) is 98.3 Å². The van der Waals surface area contributed by atoms with Crippen LogP contribution in [0.3, 0.4) is 0 Å². The van der Waals surface area contributed by atoms with Crippen LogP contribution >= 0.6 is 0 Å². The van der Waals surface area contributed by atoms with E-state index in [-0.39, 0.29) is 42.9 Å². The first-order chi connectivity index (χ1) is 21.5. The first-order valence-corrected chi connectivity index (χ1v) is 18.8. The van der Waals surface area contributed by atoms with E-state index in [4.69, 9.17) is 23.7 Å². The molecule has 0 aromatic heterocycles. The van der Waals surface area contributed by atoms with Crippen molar-refractivity contribution in [3.8, 4) is 0 Å². The average Bonchev–Trinajstić information content (AvgIpc) is 3.03. The van der Waals surface area contributed by atoms with Crippen molar-refractivity contribution >= 4 is 5.97 Å². The zero-order valence-corrected chi connectivity index (χ0v) is 29.1. The number of rotatable bonds is 20. The number of aliphatic carboxylic acids is 1. The summed E-state index contributed by atoms with van der Waals surface area (Å²) in [5.41, 5.74) is 0. The minimum atomic E-state index is -0.664. The Labute approximate surface area is 270 Å². The van der Waals surface area contributed by atoms with E-state index >= 15 is 0 Å². The second-order valence-corrected chi connectivity index (χ2v) is 13.5. The van der Waals surface area contributed by atoms with E-state index in [2.05, 4.69) is 27.7 Å². The summed E-state index contributed by atoms with van der Waals surface area (Å²) in [5.74, 6) is -0.0678. The molecule has 0 amide bonds. The smallest absolute Gasteiger partial charge is 0.303 e. The molecule has 1 saturated carbocycles. The highest BCUT2D eigenvalue weighted by atomic mass is 16.6. The lowest BCUT2D eigenvalue weighted by Crippen LogP contribution is -2.63. The standard InChI is InChI=1S/C37H70O7/c1-5-9-24-40-29-32-35(41-25-10-6-2)37(43-27-12-8-4)36(42-26-11-7-3)34(44-32)31-22-18-16-14-13-15-17-20-30(21-19-23-31)28-33(38)39/h30-32,34-37H,5-29H2,1-4H3,(H,38,39)/t30?,31?,32-,34+,35-,36+,37+/m1/s1. The third kappa shape index (κ3) is 15.7. The Morgan fingerprint density at radius 1 is 0.636 bits per heavy atom. The second kappa shape index (κ2) is 25.4. The van der Waals surface area contributed by atoms with Crippen molar-refractivity contribution in [2.45, 2.75) is 187 Å². The quantitative estimate of drug-likeness (QED) is 0.135. The van der Waals surface area contributed by atoms with Crippen LogP contribution in [0.4, 0.5) is 0 Å². The predicted octanol–water partition coefficient (Wildman–Crippen LogP) is 9.14. The first kappa shape index (κ1) is 39.4. The molecule has 1 N–H and O–H groups in total. The molecule has 0 bridgehead atoms. The minimum Gasteiger partial charge on any atom is -0.481 e. The van der Waals surface area contributed by atoms with Gasteiger partial charge in [-0.2, -0.15) is 0 Å². The molecule has 1 aliphatic heterocycles. The molecule has 44 heavy (non-hydrogen) atoms. The van der Waals surface area contributed by atoms with Crippen LogP contribution in [-0.4, -0.2) is 74.6 Å². The van der Waals surface area contributed by atoms with E-state index in [1.54, 1.807) is 0 Å². The van der Waals surface area contributed by atoms with Crippen LogP contribution in [0.15, 0.2) is 0 Å². The summed E-state index contributed by atoms with van der Waals surface area (Å²) in [4.78, 5) is 11.6. The second-order valence-electron chi connectivity index (χ2n) is 13.5. The van der Waals surface area contributed by atoms with E-state index in [9.17, 15) is 9.90 Å². The highest BCUT2D eigenvalue weighted by molar-refractivity contribution is 5.66. The fourth-order valence-electron chi connectivity index (χ4n) is 6.86. The fraction of sp³-hybridized carbons (Fsp3) is 0.973. The summed E-state index contributed by atoms with van der Waals surface area (Å²) >= 11 is 0. The van der Waals surface area contributed by atoms with Gasteiger partial charge in [0.25, 0.3) is 0 Å². The Morgan fingerprint density at radius 2 is 1.14 bits per heavy atom. The number of unbranched alkanes of at least 4 members (excludes halogenated alkanes) is 4. The third-order valence-corrected chi connectivity index (χ3v) is 9.57. The molecule has 2 fully saturated rings. The summed E-state index contributed by atoms with van der Waals surface area (Å²) < 4.78 is 33.5. The van der Waals surface area contributed by atoms with Crippen molar-refractivity contribution in [3.63, 3.8) is 0 Å². The summed E-state index contributed by atoms with van der Waals surface area (Å²) in [6.07, 6.45) is 20.3. The average molecular weight is 627 g/mol. The Morgan fingerprint density at radius 3 is 1.75 bits per heavy atom. The monoisotopic (exact) mass is 627 g/mol. The van der Waals surface area contributed by atoms with Gasteiger partial charge in [0.2, 0.25) is 0 Å². The summed E-state index contributed by atoms with van der Waals surface area (Å²) in [5, 5.41) is 9.57. The molecular weight excluding hydrogens is 556 g/mol. The van der Waals surface area contributed by atoms with Crippen LogP contribution in [0.1, 0.15) is 156 Å². The van der Waals surface area contributed by atoms with E-state index < -0.39 is 5.97 Å². The lowest BCUT2D eigenvalue weighted by molar-refractivity contribution is -0.276. The van der Waals surface area contributed by atoms with Crippen LogP contribution in [-0.2, 0) is 28.5 Å². The van der Waals surface area contributed by atoms with Gasteiger partial charge in [-0.05, 0) is 63.2 Å². The Bertz CT molecular complexity index is 689. The minimum absolute atomic E-state index is 0.0904. The number of hydrogen-bond donors (Lipinski definition) is 1. The van der Waals surface area contributed by atoms with Gasteiger partial charge in [-0.3, -0.25) is 4.79 Å². The summed E-state index contributed by atoms with van der Waals surface area (Å²) in [6, 6.07) is 0. The summed E-state index contributed by atoms with van der Waals surface area (Å²) in [7, 11) is 0. The zero-order valence-electron chi connectivity index (χ0n) is 29.1. The highest BCUT2D eigenvalue weighted by Gasteiger charge is 2.50. The van der Waals surface area contributed by atoms with Gasteiger partial charge < -0.3 is 28.8 Å². The van der Waals surface area contributed by atoms with Crippen LogP contribution in [0.2, 0.25) is 0 Å². The molecule has 0 aromatic rings. The van der Waals surface area contributed by atoms with Crippen molar-refractivity contribution in [2.24, 2.45) is 11.8 Å². The summed E-state index contributed by atoms with van der Waals surface area (Å²) in [6.45, 7) is 12.1. The molecule has 0 radical (unpaired) electrons. The van der Waals surface area contributed by atoms with Crippen LogP contribution < -0.4 is 0 Å². The molecule has 2 unspecified atom stereocenters. The molecule has 2 rings (SSSR count). The van der Waals surface area contributed by atoms with Crippen LogP contribution in [0.25, 0.3) is 0 Å². The Hall–Kier alpha value is -0.730. The number of carboxylic acids is 1. The van der Waals surface area contributed by atoms with Crippen molar-refractivity contribution in [3.05, 3.63) is 0 Å². The van der Waals surface area contributed by atoms with Crippen molar-refractivity contribution in [2.75, 3.05) is 33.0 Å². The van der Waals surface area contributed by atoms with Crippen molar-refractivity contribution in [1.29, 1.82) is 0 Å². The van der Waals surface area contributed by atoms with Gasteiger partial charge in [-0.25, -0.2) is 0 Å². The molecule has 1 heterocycles. The van der Waals surface area contributed by atoms with Gasteiger partial charge in [0.05, 0.1) is 12.7 Å². The Balaban J connectivity index is 2.38. The fourth-order valence-corrected chi connectivity index (χ4v) is 6.86. The van der Waals surface area contributed by atoms with Crippen LogP contribution in [0, 0.1) is 11.8 Å². The van der Waals surface area contributed by atoms with Gasteiger partial charge in [0.15, 0.2) is 0 Å². The van der Waals surface area contributed by atoms with Gasteiger partial charge in [0.1, 0.15) is 24.4 Å². The van der Waals surface area contributed by atoms with E-state index in [1.807, 2.05) is 0 Å². The lowest BCUT2D eigenvalue weighted by Gasteiger charge is -2.48.